The molecule has 2 atom stereocenters. The first-order valence-electron chi connectivity index (χ1n) is 5.71. The third-order valence-electron chi connectivity index (χ3n) is 3.82. The Hall–Kier alpha value is -1.14. The molecule has 1 aliphatic heterocycles. The minimum atomic E-state index is -0.588. The van der Waals surface area contributed by atoms with Crippen molar-refractivity contribution >= 4 is 5.78 Å². The summed E-state index contributed by atoms with van der Waals surface area (Å²) in [7, 11) is 0. The topological polar surface area (TPSA) is 50.1 Å². The summed E-state index contributed by atoms with van der Waals surface area (Å²) in [6.07, 6.45) is 3.70. The smallest absolute Gasteiger partial charge is 0.181 e. The number of allylic oxidation sites excluding steroid dienone is 1. The van der Waals surface area contributed by atoms with Gasteiger partial charge in [-0.15, -0.1) is 0 Å². The van der Waals surface area contributed by atoms with Crippen LogP contribution in [-0.2, 0) is 9.53 Å². The van der Waals surface area contributed by atoms with Crippen molar-refractivity contribution in [1.29, 1.82) is 5.26 Å². The Labute approximate surface area is 96.1 Å². The second-order valence-electron chi connectivity index (χ2n) is 5.58. The molecule has 16 heavy (non-hydrogen) atoms. The highest BCUT2D eigenvalue weighted by Crippen LogP contribution is 2.49. The number of carbonyl (C=O) groups is 1. The van der Waals surface area contributed by atoms with Gasteiger partial charge in [-0.2, -0.15) is 5.26 Å². The fraction of sp³-hybridized carbons (Fsp3) is 0.692. The van der Waals surface area contributed by atoms with E-state index in [1.54, 1.807) is 0 Å². The van der Waals surface area contributed by atoms with Crippen LogP contribution in [0.15, 0.2) is 11.6 Å². The molecule has 0 bridgehead atoms. The maximum absolute atomic E-state index is 12.1. The van der Waals surface area contributed by atoms with E-state index in [0.29, 0.717) is 12.2 Å². The second-order valence-corrected chi connectivity index (χ2v) is 5.58. The van der Waals surface area contributed by atoms with Crippen molar-refractivity contribution in [2.24, 2.45) is 10.8 Å². The Bertz CT molecular complexity index is 403. The molecule has 2 rings (SSSR count). The van der Waals surface area contributed by atoms with Gasteiger partial charge in [0.2, 0.25) is 0 Å². The van der Waals surface area contributed by atoms with E-state index >= 15 is 0 Å². The Morgan fingerprint density at radius 3 is 2.81 bits per heavy atom. The largest absolute Gasteiger partial charge is 0.376 e. The van der Waals surface area contributed by atoms with Crippen LogP contribution >= 0.6 is 0 Å². The van der Waals surface area contributed by atoms with Gasteiger partial charge in [0.05, 0.1) is 17.1 Å². The summed E-state index contributed by atoms with van der Waals surface area (Å²) >= 11 is 0. The van der Waals surface area contributed by atoms with Crippen LogP contribution in [0.4, 0.5) is 0 Å². The van der Waals surface area contributed by atoms with Gasteiger partial charge in [-0.1, -0.05) is 13.0 Å². The van der Waals surface area contributed by atoms with Crippen molar-refractivity contribution in [2.45, 2.75) is 39.7 Å². The lowest BCUT2D eigenvalue weighted by atomic mass is 9.60. The number of ether oxygens (including phenoxy) is 1. The summed E-state index contributed by atoms with van der Waals surface area (Å²) in [5.74, 6) is -0.0839. The molecule has 0 unspecified atom stereocenters. The summed E-state index contributed by atoms with van der Waals surface area (Å²) < 4.78 is 5.79. The number of hydrogen-bond acceptors (Lipinski definition) is 3. The predicted molar refractivity (Wildman–Crippen MR) is 59.6 cm³/mol. The molecule has 0 amide bonds. The second kappa shape index (κ2) is 3.43. The van der Waals surface area contributed by atoms with Gasteiger partial charge in [0.15, 0.2) is 5.78 Å². The number of ketones is 1. The summed E-state index contributed by atoms with van der Waals surface area (Å²) in [6, 6.07) is 2.02. The van der Waals surface area contributed by atoms with Crippen LogP contribution < -0.4 is 0 Å². The first-order chi connectivity index (χ1) is 7.42. The third-order valence-corrected chi connectivity index (χ3v) is 3.82. The minimum Gasteiger partial charge on any atom is -0.376 e. The number of fused-ring (bicyclic) bond motifs is 1. The zero-order valence-corrected chi connectivity index (χ0v) is 10.0. The molecular weight excluding hydrogens is 202 g/mol. The van der Waals surface area contributed by atoms with Gasteiger partial charge in [0.25, 0.3) is 0 Å². The molecule has 0 saturated carbocycles. The molecule has 1 heterocycles. The van der Waals surface area contributed by atoms with E-state index in [1.165, 1.54) is 0 Å². The fourth-order valence-electron chi connectivity index (χ4n) is 3.10. The maximum atomic E-state index is 12.1. The highest BCUT2D eigenvalue weighted by Gasteiger charge is 2.53. The molecule has 0 N–H and O–H groups in total. The van der Waals surface area contributed by atoms with Gasteiger partial charge in [0.1, 0.15) is 6.07 Å². The van der Waals surface area contributed by atoms with E-state index in [2.05, 4.69) is 6.92 Å². The standard InChI is InChI=1S/C13H17NO2/c1-12(2)10(15)9(8-14)7-13(3)5-4-6-16-11(12)13/h7,11H,4-6H2,1-3H3/t11-,13-/m0/s1. The lowest BCUT2D eigenvalue weighted by Gasteiger charge is -2.49. The molecule has 0 aromatic heterocycles. The number of rotatable bonds is 0. The zero-order chi connectivity index (χ0) is 12.0. The van der Waals surface area contributed by atoms with Crippen molar-refractivity contribution in [3.8, 4) is 6.07 Å². The van der Waals surface area contributed by atoms with Crippen molar-refractivity contribution in [3.05, 3.63) is 11.6 Å². The summed E-state index contributed by atoms with van der Waals surface area (Å²) in [4.78, 5) is 12.1. The first-order valence-corrected chi connectivity index (χ1v) is 5.71. The molecule has 1 fully saturated rings. The van der Waals surface area contributed by atoms with E-state index < -0.39 is 5.41 Å². The van der Waals surface area contributed by atoms with Crippen LogP contribution in [0, 0.1) is 22.2 Å². The number of carbonyl (C=O) groups excluding carboxylic acids is 1. The SMILES string of the molecule is CC1(C)C(=O)C(C#N)=C[C@]2(C)CCCO[C@@H]12. The van der Waals surface area contributed by atoms with Gasteiger partial charge in [-0.25, -0.2) is 0 Å². The van der Waals surface area contributed by atoms with Gasteiger partial charge in [-0.05, 0) is 26.7 Å². The number of nitriles is 1. The predicted octanol–water partition coefficient (Wildman–Crippen LogP) is 2.23. The van der Waals surface area contributed by atoms with Gasteiger partial charge >= 0.3 is 0 Å². The summed E-state index contributed by atoms with van der Waals surface area (Å²) in [5, 5.41) is 9.02. The summed E-state index contributed by atoms with van der Waals surface area (Å²) in [5.41, 5.74) is -0.454. The van der Waals surface area contributed by atoms with Gasteiger partial charge in [0, 0.05) is 12.0 Å². The molecule has 0 aromatic carbocycles. The molecule has 3 heteroatoms. The van der Waals surface area contributed by atoms with Crippen LogP contribution in [0.25, 0.3) is 0 Å². The van der Waals surface area contributed by atoms with Crippen molar-refractivity contribution in [1.82, 2.24) is 0 Å². The van der Waals surface area contributed by atoms with Crippen molar-refractivity contribution in [3.63, 3.8) is 0 Å². The zero-order valence-electron chi connectivity index (χ0n) is 10.0. The van der Waals surface area contributed by atoms with Crippen LogP contribution in [0.5, 0.6) is 0 Å². The van der Waals surface area contributed by atoms with Crippen LogP contribution in [-0.4, -0.2) is 18.5 Å². The van der Waals surface area contributed by atoms with Crippen LogP contribution in [0.2, 0.25) is 0 Å². The average molecular weight is 219 g/mol. The number of Topliss-reactive ketones (excluding diaryl/α,β-unsaturated/α-hetero) is 1. The fourth-order valence-corrected chi connectivity index (χ4v) is 3.10. The van der Waals surface area contributed by atoms with Crippen molar-refractivity contribution in [2.75, 3.05) is 6.61 Å². The molecule has 3 nitrogen and oxygen atoms in total. The maximum Gasteiger partial charge on any atom is 0.181 e. The molecular formula is C13H17NO2. The van der Waals surface area contributed by atoms with E-state index in [4.69, 9.17) is 10.00 Å². The highest BCUT2D eigenvalue weighted by atomic mass is 16.5. The monoisotopic (exact) mass is 219 g/mol. The lowest BCUT2D eigenvalue weighted by Crippen LogP contribution is -2.54. The Morgan fingerprint density at radius 2 is 2.19 bits per heavy atom. The summed E-state index contributed by atoms with van der Waals surface area (Å²) in [6.45, 7) is 6.57. The van der Waals surface area contributed by atoms with Gasteiger partial charge in [-0.3, -0.25) is 4.79 Å². The normalized spacial score (nSPS) is 37.2. The Kier molecular flexibility index (Phi) is 2.43. The first kappa shape index (κ1) is 11.3. The van der Waals surface area contributed by atoms with E-state index in [1.807, 2.05) is 26.0 Å². The molecule has 0 aromatic rings. The van der Waals surface area contributed by atoms with Crippen molar-refractivity contribution < 1.29 is 9.53 Å². The minimum absolute atomic E-state index is 0.0839. The molecule has 1 saturated heterocycles. The Morgan fingerprint density at radius 1 is 1.50 bits per heavy atom. The molecule has 86 valence electrons. The number of nitrogens with zero attached hydrogens (tertiary/aromatic N) is 1. The lowest BCUT2D eigenvalue weighted by molar-refractivity contribution is -0.152. The van der Waals surface area contributed by atoms with Crippen LogP contribution in [0.1, 0.15) is 33.6 Å². The van der Waals surface area contributed by atoms with E-state index in [-0.39, 0.29) is 17.3 Å². The third kappa shape index (κ3) is 1.41. The molecule has 2 aliphatic rings. The Balaban J connectivity index is 2.53. The molecule has 0 spiro atoms. The van der Waals surface area contributed by atoms with Gasteiger partial charge < -0.3 is 4.74 Å². The number of hydrogen-bond donors (Lipinski definition) is 0. The molecule has 1 aliphatic carbocycles. The molecule has 0 radical (unpaired) electrons. The highest BCUT2D eigenvalue weighted by molar-refractivity contribution is 6.04. The van der Waals surface area contributed by atoms with Crippen LogP contribution in [0.3, 0.4) is 0 Å². The van der Waals surface area contributed by atoms with E-state index in [0.717, 1.165) is 12.8 Å². The van der Waals surface area contributed by atoms with E-state index in [9.17, 15) is 4.79 Å². The quantitative estimate of drug-likeness (QED) is 0.627. The average Bonchev–Trinajstić information content (AvgIpc) is 2.24.